The summed E-state index contributed by atoms with van der Waals surface area (Å²) in [6, 6.07) is 6.77. The number of carbonyl (C=O) groups excluding carboxylic acids is 2. The van der Waals surface area contributed by atoms with Crippen molar-refractivity contribution in [3.63, 3.8) is 0 Å². The molecule has 1 atom stereocenters. The molecule has 2 aliphatic heterocycles. The molecule has 0 unspecified atom stereocenters. The van der Waals surface area contributed by atoms with Crippen LogP contribution < -0.4 is 9.04 Å². The largest absolute Gasteiger partial charge is 0.476 e. The van der Waals surface area contributed by atoms with E-state index in [1.54, 1.807) is 36.1 Å². The molecule has 27 heavy (non-hydrogen) atoms. The van der Waals surface area contributed by atoms with E-state index in [4.69, 9.17) is 9.47 Å². The summed E-state index contributed by atoms with van der Waals surface area (Å²) in [5.41, 5.74) is 0.435. The summed E-state index contributed by atoms with van der Waals surface area (Å²) < 4.78 is 36.4. The number of anilines is 1. The molecule has 8 nitrogen and oxygen atoms in total. The Morgan fingerprint density at radius 1 is 1.22 bits per heavy atom. The van der Waals surface area contributed by atoms with Crippen molar-refractivity contribution in [3.05, 3.63) is 24.3 Å². The Kier molecular flexibility index (Phi) is 5.59. The summed E-state index contributed by atoms with van der Waals surface area (Å²) in [6.07, 6.45) is 1.27. The van der Waals surface area contributed by atoms with E-state index in [2.05, 4.69) is 0 Å². The van der Waals surface area contributed by atoms with Crippen LogP contribution in [0.5, 0.6) is 5.75 Å². The quantitative estimate of drug-likeness (QED) is 0.706. The fraction of sp³-hybridized carbons (Fsp3) is 0.556. The van der Waals surface area contributed by atoms with Crippen LogP contribution in [-0.4, -0.2) is 63.8 Å². The van der Waals surface area contributed by atoms with Crippen molar-refractivity contribution in [2.45, 2.75) is 25.9 Å². The van der Waals surface area contributed by atoms with Crippen LogP contribution in [0.15, 0.2) is 24.3 Å². The lowest BCUT2D eigenvalue weighted by molar-refractivity contribution is -0.152. The van der Waals surface area contributed by atoms with E-state index in [9.17, 15) is 18.0 Å². The number of nitrogens with zero attached hydrogens (tertiary/aromatic N) is 2. The number of amides is 1. The van der Waals surface area contributed by atoms with Gasteiger partial charge in [0, 0.05) is 13.1 Å². The number of hydrogen-bond acceptors (Lipinski definition) is 6. The van der Waals surface area contributed by atoms with Gasteiger partial charge in [0.15, 0.2) is 6.10 Å². The average molecular weight is 396 g/mol. The minimum absolute atomic E-state index is 0.0630. The van der Waals surface area contributed by atoms with Crippen LogP contribution >= 0.6 is 0 Å². The topological polar surface area (TPSA) is 93.2 Å². The molecule has 0 saturated carbocycles. The van der Waals surface area contributed by atoms with Gasteiger partial charge in [0.2, 0.25) is 10.0 Å². The van der Waals surface area contributed by atoms with E-state index < -0.39 is 16.1 Å². The van der Waals surface area contributed by atoms with Crippen molar-refractivity contribution >= 4 is 27.6 Å². The maximum Gasteiger partial charge on any atom is 0.309 e. The Morgan fingerprint density at radius 2 is 1.89 bits per heavy atom. The van der Waals surface area contributed by atoms with Crippen LogP contribution in [0, 0.1) is 5.92 Å². The molecule has 0 N–H and O–H groups in total. The van der Waals surface area contributed by atoms with Crippen LogP contribution in [0.3, 0.4) is 0 Å². The second-order valence-electron chi connectivity index (χ2n) is 6.72. The van der Waals surface area contributed by atoms with Gasteiger partial charge in [0.25, 0.3) is 5.91 Å². The Balaban J connectivity index is 1.70. The lowest BCUT2D eigenvalue weighted by atomic mass is 9.96. The summed E-state index contributed by atoms with van der Waals surface area (Å²) in [5.74, 6) is -0.320. The van der Waals surface area contributed by atoms with E-state index >= 15 is 0 Å². The number of rotatable bonds is 4. The highest BCUT2D eigenvalue weighted by atomic mass is 32.2. The highest BCUT2D eigenvalue weighted by Gasteiger charge is 2.38. The number of para-hydroxylation sites is 2. The first-order chi connectivity index (χ1) is 12.8. The van der Waals surface area contributed by atoms with Gasteiger partial charge in [-0.2, -0.15) is 0 Å². The number of piperidine rings is 1. The molecule has 9 heteroatoms. The molecule has 0 radical (unpaired) electrons. The second-order valence-corrected chi connectivity index (χ2v) is 8.63. The van der Waals surface area contributed by atoms with Crippen LogP contribution in [0.2, 0.25) is 0 Å². The van der Waals surface area contributed by atoms with Crippen LogP contribution in [-0.2, 0) is 24.3 Å². The maximum atomic E-state index is 12.9. The average Bonchev–Trinajstić information content (AvgIpc) is 2.66. The minimum Gasteiger partial charge on any atom is -0.476 e. The van der Waals surface area contributed by atoms with Crippen LogP contribution in [0.1, 0.15) is 19.8 Å². The molecule has 1 aromatic rings. The lowest BCUT2D eigenvalue weighted by Crippen LogP contribution is -2.53. The highest BCUT2D eigenvalue weighted by Crippen LogP contribution is 2.35. The summed E-state index contributed by atoms with van der Waals surface area (Å²) in [4.78, 5) is 26.4. The lowest BCUT2D eigenvalue weighted by Gasteiger charge is -2.38. The predicted octanol–water partition coefficient (Wildman–Crippen LogP) is 1.02. The molecule has 2 heterocycles. The summed E-state index contributed by atoms with van der Waals surface area (Å²) in [7, 11) is -3.54. The third-order valence-corrected chi connectivity index (χ3v) is 5.98. The second kappa shape index (κ2) is 7.75. The molecule has 1 saturated heterocycles. The highest BCUT2D eigenvalue weighted by molar-refractivity contribution is 7.92. The van der Waals surface area contributed by atoms with E-state index in [0.717, 1.165) is 6.26 Å². The molecule has 148 valence electrons. The van der Waals surface area contributed by atoms with Gasteiger partial charge >= 0.3 is 5.97 Å². The van der Waals surface area contributed by atoms with Gasteiger partial charge < -0.3 is 14.4 Å². The number of carbonyl (C=O) groups is 2. The van der Waals surface area contributed by atoms with Gasteiger partial charge in [-0.1, -0.05) is 12.1 Å². The van der Waals surface area contributed by atoms with Crippen LogP contribution in [0.25, 0.3) is 0 Å². The van der Waals surface area contributed by atoms with Crippen molar-refractivity contribution in [3.8, 4) is 5.75 Å². The number of fused-ring (bicyclic) bond motifs is 1. The first-order valence-electron chi connectivity index (χ1n) is 9.00. The normalized spacial score (nSPS) is 20.6. The monoisotopic (exact) mass is 396 g/mol. The van der Waals surface area contributed by atoms with E-state index in [1.807, 2.05) is 0 Å². The van der Waals surface area contributed by atoms with Gasteiger partial charge in [-0.15, -0.1) is 0 Å². The molecule has 0 aromatic heterocycles. The number of esters is 1. The third kappa shape index (κ3) is 4.18. The summed E-state index contributed by atoms with van der Waals surface area (Å²) in [5, 5.41) is 0. The SMILES string of the molecule is CCOC(=O)C1CCN(C(=O)[C@H]2CN(S(C)(=O)=O)c3ccccc3O2)CC1. The number of ether oxygens (including phenoxy) is 2. The van der Waals surface area contributed by atoms with Gasteiger partial charge in [0.1, 0.15) is 5.75 Å². The maximum absolute atomic E-state index is 12.9. The fourth-order valence-corrected chi connectivity index (χ4v) is 4.36. The van der Waals surface area contributed by atoms with Crippen molar-refractivity contribution in [2.75, 3.05) is 36.8 Å². The first kappa shape index (κ1) is 19.5. The summed E-state index contributed by atoms with van der Waals surface area (Å²) >= 11 is 0. The van der Waals surface area contributed by atoms with Crippen molar-refractivity contribution in [1.29, 1.82) is 0 Å². The molecule has 1 amide bonds. The Hall–Kier alpha value is -2.29. The number of likely N-dealkylation sites (tertiary alicyclic amines) is 1. The van der Waals surface area contributed by atoms with Gasteiger partial charge in [-0.25, -0.2) is 8.42 Å². The molecule has 0 bridgehead atoms. The molecule has 2 aliphatic rings. The molecule has 1 fully saturated rings. The Labute approximate surface area is 159 Å². The zero-order valence-corrected chi connectivity index (χ0v) is 16.3. The predicted molar refractivity (Wildman–Crippen MR) is 99.0 cm³/mol. The van der Waals surface area contributed by atoms with Crippen molar-refractivity contribution in [2.24, 2.45) is 5.92 Å². The molecule has 1 aromatic carbocycles. The van der Waals surface area contributed by atoms with Gasteiger partial charge in [0.05, 0.1) is 31.0 Å². The third-order valence-electron chi connectivity index (χ3n) is 4.84. The number of sulfonamides is 1. The standard InChI is InChI=1S/C18H24N2O6S/c1-3-25-18(22)13-8-10-19(11-9-13)17(21)16-12-20(27(2,23)24)14-6-4-5-7-15(14)26-16/h4-7,13,16H,3,8-12H2,1-2H3/t16-/m1/s1. The van der Waals surface area contributed by atoms with E-state index in [-0.39, 0.29) is 24.3 Å². The van der Waals surface area contributed by atoms with Crippen molar-refractivity contribution < 1.29 is 27.5 Å². The van der Waals surface area contributed by atoms with E-state index in [0.29, 0.717) is 44.0 Å². The zero-order chi connectivity index (χ0) is 19.6. The fourth-order valence-electron chi connectivity index (χ4n) is 3.44. The summed E-state index contributed by atoms with van der Waals surface area (Å²) in [6.45, 7) is 2.88. The number of benzene rings is 1. The van der Waals surface area contributed by atoms with E-state index in [1.165, 1.54) is 4.31 Å². The molecule has 0 spiro atoms. The molecular formula is C18H24N2O6S. The van der Waals surface area contributed by atoms with Crippen LogP contribution in [0.4, 0.5) is 5.69 Å². The van der Waals surface area contributed by atoms with Gasteiger partial charge in [-0.3, -0.25) is 13.9 Å². The minimum atomic E-state index is -3.54. The first-order valence-corrected chi connectivity index (χ1v) is 10.8. The zero-order valence-electron chi connectivity index (χ0n) is 15.5. The molecule has 3 rings (SSSR count). The Morgan fingerprint density at radius 3 is 2.52 bits per heavy atom. The van der Waals surface area contributed by atoms with Gasteiger partial charge in [-0.05, 0) is 31.9 Å². The Bertz CT molecular complexity index is 817. The molecule has 0 aliphatic carbocycles. The van der Waals surface area contributed by atoms with Crippen molar-refractivity contribution in [1.82, 2.24) is 4.90 Å². The number of hydrogen-bond donors (Lipinski definition) is 0. The molecular weight excluding hydrogens is 372 g/mol. The smallest absolute Gasteiger partial charge is 0.309 e.